The number of ether oxygens (including phenoxy) is 1. The highest BCUT2D eigenvalue weighted by molar-refractivity contribution is 14.0. The number of carbonyl (C=O) groups is 1. The second kappa shape index (κ2) is 14.0. The van der Waals surface area contributed by atoms with E-state index in [-0.39, 0.29) is 35.4 Å². The van der Waals surface area contributed by atoms with Crippen LogP contribution in [0.25, 0.3) is 0 Å². The average Bonchev–Trinajstić information content (AvgIpc) is 2.83. The van der Waals surface area contributed by atoms with E-state index in [1.54, 1.807) is 11.9 Å². The Morgan fingerprint density at radius 3 is 2.47 bits per heavy atom. The first-order valence-corrected chi connectivity index (χ1v) is 11.7. The monoisotopic (exact) mass is 557 g/mol. The zero-order valence-corrected chi connectivity index (χ0v) is 22.0. The summed E-state index contributed by atoms with van der Waals surface area (Å²) in [5, 5.41) is 6.88. The summed E-state index contributed by atoms with van der Waals surface area (Å²) >= 11 is 0. The quantitative estimate of drug-likeness (QED) is 0.293. The largest absolute Gasteiger partial charge is 0.379 e. The standard InChI is InChI=1S/C24H39N5O2.HI/c1-25-23(26-14-11-22(30)28(2)19-21-9-5-3-6-10-21)27-20-24(12-7-4-8-13-24)29-15-17-31-18-16-29;/h3,5-6,9-10H,4,7-8,11-20H2,1-2H3,(H2,25,26,27);1H. The van der Waals surface area contributed by atoms with Crippen molar-refractivity contribution in [1.29, 1.82) is 0 Å². The van der Waals surface area contributed by atoms with Gasteiger partial charge in [-0.1, -0.05) is 49.6 Å². The average molecular weight is 558 g/mol. The van der Waals surface area contributed by atoms with E-state index in [1.165, 1.54) is 32.1 Å². The van der Waals surface area contributed by atoms with Crippen molar-refractivity contribution in [2.45, 2.75) is 50.6 Å². The Morgan fingerprint density at radius 2 is 1.81 bits per heavy atom. The first-order valence-electron chi connectivity index (χ1n) is 11.7. The number of hydrogen-bond acceptors (Lipinski definition) is 4. The van der Waals surface area contributed by atoms with E-state index in [2.05, 4.69) is 20.5 Å². The Balaban J connectivity index is 0.00000363. The topological polar surface area (TPSA) is 69.2 Å². The summed E-state index contributed by atoms with van der Waals surface area (Å²) in [6.07, 6.45) is 6.79. The maximum atomic E-state index is 12.5. The number of hydrogen-bond donors (Lipinski definition) is 2. The maximum absolute atomic E-state index is 12.5. The molecule has 3 rings (SSSR count). The fraction of sp³-hybridized carbons (Fsp3) is 0.667. The van der Waals surface area contributed by atoms with Crippen LogP contribution in [-0.4, -0.2) is 80.7 Å². The molecule has 32 heavy (non-hydrogen) atoms. The summed E-state index contributed by atoms with van der Waals surface area (Å²) in [5.74, 6) is 0.903. The van der Waals surface area contributed by atoms with E-state index < -0.39 is 0 Å². The van der Waals surface area contributed by atoms with Gasteiger partial charge in [0.05, 0.1) is 13.2 Å². The van der Waals surface area contributed by atoms with Crippen LogP contribution in [0.2, 0.25) is 0 Å². The van der Waals surface area contributed by atoms with Crippen LogP contribution in [0.1, 0.15) is 44.1 Å². The zero-order chi connectivity index (χ0) is 21.9. The first kappa shape index (κ1) is 26.9. The van der Waals surface area contributed by atoms with Gasteiger partial charge in [-0.3, -0.25) is 14.7 Å². The molecule has 1 aromatic rings. The molecule has 0 radical (unpaired) electrons. The van der Waals surface area contributed by atoms with Gasteiger partial charge in [-0.05, 0) is 18.4 Å². The number of aliphatic imine (C=N–C) groups is 1. The van der Waals surface area contributed by atoms with Crippen LogP contribution in [0.4, 0.5) is 0 Å². The van der Waals surface area contributed by atoms with Gasteiger partial charge in [0, 0.05) is 58.8 Å². The summed E-state index contributed by atoms with van der Waals surface area (Å²) in [7, 11) is 3.65. The van der Waals surface area contributed by atoms with Crippen molar-refractivity contribution in [2.24, 2.45) is 4.99 Å². The van der Waals surface area contributed by atoms with Crippen molar-refractivity contribution in [3.63, 3.8) is 0 Å². The third kappa shape index (κ3) is 7.88. The minimum atomic E-state index is 0. The fourth-order valence-electron chi connectivity index (χ4n) is 4.75. The van der Waals surface area contributed by atoms with Crippen LogP contribution in [0, 0.1) is 0 Å². The molecule has 1 saturated carbocycles. The van der Waals surface area contributed by atoms with Gasteiger partial charge in [0.1, 0.15) is 0 Å². The van der Waals surface area contributed by atoms with E-state index in [4.69, 9.17) is 4.74 Å². The van der Waals surface area contributed by atoms with Gasteiger partial charge in [-0.15, -0.1) is 24.0 Å². The third-order valence-corrected chi connectivity index (χ3v) is 6.59. The number of rotatable bonds is 8. The number of morpholine rings is 1. The zero-order valence-electron chi connectivity index (χ0n) is 19.6. The fourth-order valence-corrected chi connectivity index (χ4v) is 4.75. The molecule has 1 aromatic carbocycles. The second-order valence-corrected chi connectivity index (χ2v) is 8.72. The lowest BCUT2D eigenvalue weighted by molar-refractivity contribution is -0.130. The highest BCUT2D eigenvalue weighted by Gasteiger charge is 2.38. The molecule has 2 N–H and O–H groups in total. The minimum absolute atomic E-state index is 0. The summed E-state index contributed by atoms with van der Waals surface area (Å²) in [5.41, 5.74) is 1.33. The van der Waals surface area contributed by atoms with Crippen LogP contribution in [0.5, 0.6) is 0 Å². The molecule has 1 heterocycles. The van der Waals surface area contributed by atoms with Crippen molar-refractivity contribution in [3.05, 3.63) is 35.9 Å². The van der Waals surface area contributed by atoms with Crippen LogP contribution < -0.4 is 10.6 Å². The summed E-state index contributed by atoms with van der Waals surface area (Å²) < 4.78 is 5.58. The molecule has 0 aromatic heterocycles. The van der Waals surface area contributed by atoms with Crippen molar-refractivity contribution in [1.82, 2.24) is 20.4 Å². The SMILES string of the molecule is CN=C(NCCC(=O)N(C)Cc1ccccc1)NCC1(N2CCOCC2)CCCCC1.I. The molecule has 8 heteroatoms. The van der Waals surface area contributed by atoms with Gasteiger partial charge in [-0.2, -0.15) is 0 Å². The second-order valence-electron chi connectivity index (χ2n) is 8.72. The molecule has 1 saturated heterocycles. The Hall–Kier alpha value is -1.39. The number of amides is 1. The molecule has 0 atom stereocenters. The molecule has 2 fully saturated rings. The smallest absolute Gasteiger partial charge is 0.224 e. The lowest BCUT2D eigenvalue weighted by Crippen LogP contribution is -2.60. The molecule has 1 aliphatic carbocycles. The van der Waals surface area contributed by atoms with Crippen LogP contribution in [0.3, 0.4) is 0 Å². The van der Waals surface area contributed by atoms with Crippen molar-refractivity contribution >= 4 is 35.8 Å². The van der Waals surface area contributed by atoms with E-state index in [9.17, 15) is 4.79 Å². The Kier molecular flexibility index (Phi) is 11.7. The Morgan fingerprint density at radius 1 is 1.12 bits per heavy atom. The lowest BCUT2D eigenvalue weighted by Gasteiger charge is -2.48. The molecule has 1 aliphatic heterocycles. The predicted octanol–water partition coefficient (Wildman–Crippen LogP) is 2.85. The molecule has 0 spiro atoms. The predicted molar refractivity (Wildman–Crippen MR) is 141 cm³/mol. The normalized spacial score (nSPS) is 19.0. The maximum Gasteiger partial charge on any atom is 0.224 e. The molecule has 180 valence electrons. The number of nitrogens with zero attached hydrogens (tertiary/aromatic N) is 3. The van der Waals surface area contributed by atoms with Crippen LogP contribution in [0.15, 0.2) is 35.3 Å². The summed E-state index contributed by atoms with van der Waals surface area (Å²) in [6.45, 7) is 5.76. The highest BCUT2D eigenvalue weighted by atomic mass is 127. The first-order chi connectivity index (χ1) is 15.1. The van der Waals surface area contributed by atoms with E-state index in [0.717, 1.165) is 44.4 Å². The van der Waals surface area contributed by atoms with Gasteiger partial charge in [0.2, 0.25) is 5.91 Å². The molecule has 7 nitrogen and oxygen atoms in total. The highest BCUT2D eigenvalue weighted by Crippen LogP contribution is 2.33. The third-order valence-electron chi connectivity index (χ3n) is 6.59. The molecule has 0 unspecified atom stereocenters. The number of benzene rings is 1. The minimum Gasteiger partial charge on any atom is -0.379 e. The Labute approximate surface area is 210 Å². The molecular formula is C24H40IN5O2. The van der Waals surface area contributed by atoms with Crippen molar-refractivity contribution < 1.29 is 9.53 Å². The van der Waals surface area contributed by atoms with E-state index >= 15 is 0 Å². The van der Waals surface area contributed by atoms with Gasteiger partial charge < -0.3 is 20.3 Å². The number of guanidine groups is 1. The molecule has 0 bridgehead atoms. The van der Waals surface area contributed by atoms with Gasteiger partial charge in [0.15, 0.2) is 5.96 Å². The molecular weight excluding hydrogens is 517 g/mol. The van der Waals surface area contributed by atoms with Gasteiger partial charge >= 0.3 is 0 Å². The number of halogens is 1. The van der Waals surface area contributed by atoms with E-state index in [0.29, 0.717) is 19.5 Å². The summed E-state index contributed by atoms with van der Waals surface area (Å²) in [6, 6.07) is 10.1. The van der Waals surface area contributed by atoms with Gasteiger partial charge in [-0.25, -0.2) is 0 Å². The summed E-state index contributed by atoms with van der Waals surface area (Å²) in [4.78, 5) is 21.3. The Bertz CT molecular complexity index is 704. The number of carbonyl (C=O) groups excluding carboxylic acids is 1. The molecule has 2 aliphatic rings. The van der Waals surface area contributed by atoms with Crippen LogP contribution >= 0.6 is 24.0 Å². The van der Waals surface area contributed by atoms with Crippen molar-refractivity contribution in [2.75, 3.05) is 53.5 Å². The number of nitrogens with one attached hydrogen (secondary N) is 2. The van der Waals surface area contributed by atoms with E-state index in [1.807, 2.05) is 37.4 Å². The lowest BCUT2D eigenvalue weighted by atomic mass is 9.80. The molecule has 1 amide bonds. The van der Waals surface area contributed by atoms with Crippen LogP contribution in [-0.2, 0) is 16.1 Å². The van der Waals surface area contributed by atoms with Crippen molar-refractivity contribution in [3.8, 4) is 0 Å². The van der Waals surface area contributed by atoms with Gasteiger partial charge in [0.25, 0.3) is 0 Å².